The Morgan fingerprint density at radius 3 is 1.51 bits per heavy atom. The summed E-state index contributed by atoms with van der Waals surface area (Å²) in [6, 6.07) is 15.5. The van der Waals surface area contributed by atoms with E-state index in [0.717, 1.165) is 53.9 Å². The summed E-state index contributed by atoms with van der Waals surface area (Å²) in [5.41, 5.74) is 4.55. The molecule has 15 rings (SSSR count). The lowest BCUT2D eigenvalue weighted by Gasteiger charge is -2.41. The first-order valence-corrected chi connectivity index (χ1v) is 34.4. The van der Waals surface area contributed by atoms with Crippen LogP contribution in [0.5, 0.6) is 0 Å². The SMILES string of the molecule is C[C@@H]1CC(c2c(F)cnc3cc(C(F)F)ccc23)CCN1C(=O)N1CCn2c(nnc2C(F)(F)F)C1.Cc1cc(N2CC[C@H](C(=O)N3CCn4c(nnc4C(F)(F)F)C3)[C@H](C)C2)c2ccc(Cl)cc2n1.Cc1cc(N2CC[C@H](C(=O)N3CCn4c(nnc4C(F)(F)F)C3)[C@H](C)C2)c2ccc(F)c(F)c2n1. The number of benzene rings is 3. The smallest absolute Gasteiger partial charge is 0.371 e. The standard InChI is InChI=1S/C23H24ClF3N6O.C23H22F6N6O.C23H23F5N6O/c1-13-11-31(19-9-14(2)28-18-10-15(24)3-4-17(18)19)6-5-16(13)21(34)32-7-8-33-20(12-32)29-30-22(33)23(25,26)27;1-12-8-13(19-15-3-2-14(20(25)26)9-17(15)30-10-16(19)24)4-5-34(12)22(36)33-6-7-35-18(11-33)31-32-21(35)23(27,28)29;1-12-10-32(17-9-13(2)29-20-15(17)3-4-16(24)19(20)25)6-5-14(12)21(35)33-7-8-34-18(11-33)30-31-22(34)23(26,27)28/h3-4,9-10,13,16H,5-8,11-12H2,1-2H3;2-3,9-10,12-13,20H,4-8,11H2,1H3;3-4,9,12,14H,5-8,10-11H2,1-2H3/t13-,16+;12-,13?;12-,14+/m111/s1. The molecule has 4 amide bonds. The van der Waals surface area contributed by atoms with Gasteiger partial charge in [0.15, 0.2) is 29.1 Å². The molecule has 0 aliphatic carbocycles. The van der Waals surface area contributed by atoms with E-state index in [1.165, 1.54) is 29.2 Å². The Kier molecular flexibility index (Phi) is 20.2. The Morgan fingerprint density at radius 2 is 1.01 bits per heavy atom. The van der Waals surface area contributed by atoms with Crippen LogP contribution in [0.25, 0.3) is 32.7 Å². The Balaban J connectivity index is 0.000000140. The number of carbonyl (C=O) groups is 3. The van der Waals surface area contributed by atoms with Gasteiger partial charge in [0, 0.05) is 145 Å². The number of rotatable bonds is 6. The molecule has 0 N–H and O–H groups in total. The van der Waals surface area contributed by atoms with Crippen molar-refractivity contribution in [2.75, 3.05) is 62.2 Å². The number of carbonyl (C=O) groups excluding carboxylic acids is 3. The molecule has 0 bridgehead atoms. The molecule has 3 saturated heterocycles. The molecule has 21 nitrogen and oxygen atoms in total. The highest BCUT2D eigenvalue weighted by molar-refractivity contribution is 6.31. The van der Waals surface area contributed by atoms with Crippen molar-refractivity contribution in [3.05, 3.63) is 147 Å². The summed E-state index contributed by atoms with van der Waals surface area (Å²) in [6.45, 7) is 12.6. The van der Waals surface area contributed by atoms with E-state index in [9.17, 15) is 75.8 Å². The number of anilines is 2. The maximum absolute atomic E-state index is 14.9. The summed E-state index contributed by atoms with van der Waals surface area (Å²) in [5.74, 6) is -6.16. The van der Waals surface area contributed by atoms with Gasteiger partial charge >= 0.3 is 24.6 Å². The van der Waals surface area contributed by atoms with Gasteiger partial charge in [0.25, 0.3) is 6.43 Å². The van der Waals surface area contributed by atoms with Crippen molar-refractivity contribution in [1.82, 2.24) is 78.8 Å². The van der Waals surface area contributed by atoms with Gasteiger partial charge in [-0.15, -0.1) is 30.6 Å². The van der Waals surface area contributed by atoms with E-state index in [1.807, 2.05) is 49.9 Å². The molecular formula is C69H69ClF14N18O3. The van der Waals surface area contributed by atoms with Crippen molar-refractivity contribution in [3.63, 3.8) is 0 Å². The summed E-state index contributed by atoms with van der Waals surface area (Å²) in [7, 11) is 0. The maximum Gasteiger partial charge on any atom is 0.451 e. The van der Waals surface area contributed by atoms with Crippen molar-refractivity contribution >= 4 is 73.5 Å². The van der Waals surface area contributed by atoms with Gasteiger partial charge < -0.3 is 43.1 Å². The zero-order valence-corrected chi connectivity index (χ0v) is 57.8. The van der Waals surface area contributed by atoms with Crippen molar-refractivity contribution in [2.45, 2.75) is 136 Å². The van der Waals surface area contributed by atoms with Gasteiger partial charge in [-0.05, 0) is 113 Å². The third-order valence-electron chi connectivity index (χ3n) is 20.6. The Morgan fingerprint density at radius 1 is 0.524 bits per heavy atom. The Labute approximate surface area is 595 Å². The second-order valence-electron chi connectivity index (χ2n) is 27.5. The molecule has 3 fully saturated rings. The summed E-state index contributed by atoms with van der Waals surface area (Å²) < 4.78 is 190. The van der Waals surface area contributed by atoms with Crippen LogP contribution in [0.4, 0.5) is 77.6 Å². The average Bonchev–Trinajstić information content (AvgIpc) is 1.44. The number of alkyl halides is 11. The highest BCUT2D eigenvalue weighted by Gasteiger charge is 2.46. The van der Waals surface area contributed by atoms with E-state index < -0.39 is 59.9 Å². The minimum atomic E-state index is -4.62. The van der Waals surface area contributed by atoms with Gasteiger partial charge in [0.05, 0.1) is 36.9 Å². The van der Waals surface area contributed by atoms with E-state index in [2.05, 4.69) is 63.4 Å². The molecular weight excluding hydrogens is 1430 g/mol. The lowest BCUT2D eigenvalue weighted by molar-refractivity contribution is -0.149. The van der Waals surface area contributed by atoms with E-state index in [0.29, 0.717) is 85.5 Å². The predicted octanol–water partition coefficient (Wildman–Crippen LogP) is 13.4. The highest BCUT2D eigenvalue weighted by atomic mass is 35.5. The monoisotopic (exact) mass is 1500 g/mol. The van der Waals surface area contributed by atoms with Gasteiger partial charge in [-0.3, -0.25) is 19.6 Å². The summed E-state index contributed by atoms with van der Waals surface area (Å²) in [4.78, 5) is 63.1. The summed E-state index contributed by atoms with van der Waals surface area (Å²) in [5, 5.41) is 23.4. The third-order valence-corrected chi connectivity index (χ3v) is 20.8. The molecule has 0 radical (unpaired) electrons. The number of amides is 4. The van der Waals surface area contributed by atoms with Crippen LogP contribution < -0.4 is 9.80 Å². The molecule has 105 heavy (non-hydrogen) atoms. The molecule has 12 heterocycles. The van der Waals surface area contributed by atoms with Gasteiger partial charge in [-0.2, -0.15) is 39.5 Å². The van der Waals surface area contributed by atoms with E-state index in [-0.39, 0.29) is 146 Å². The fourth-order valence-corrected chi connectivity index (χ4v) is 15.6. The van der Waals surface area contributed by atoms with Gasteiger partial charge in [-0.1, -0.05) is 37.6 Å². The van der Waals surface area contributed by atoms with E-state index >= 15 is 0 Å². The third kappa shape index (κ3) is 14.8. The fraction of sp³-hybridized carbons (Fsp3) is 0.478. The molecule has 6 aliphatic rings. The molecule has 6 atom stereocenters. The number of fused-ring (bicyclic) bond motifs is 6. The van der Waals surface area contributed by atoms with Crippen LogP contribution in [0.15, 0.2) is 66.9 Å². The molecule has 3 aromatic carbocycles. The molecule has 6 aliphatic heterocycles. The number of nitrogens with zero attached hydrogens (tertiary/aromatic N) is 18. The van der Waals surface area contributed by atoms with Crippen molar-refractivity contribution in [2.24, 2.45) is 23.7 Å². The van der Waals surface area contributed by atoms with Crippen LogP contribution in [0.1, 0.15) is 116 Å². The predicted molar refractivity (Wildman–Crippen MR) is 353 cm³/mol. The van der Waals surface area contributed by atoms with E-state index in [1.54, 1.807) is 21.6 Å². The zero-order valence-electron chi connectivity index (χ0n) is 57.1. The first-order chi connectivity index (χ1) is 49.7. The van der Waals surface area contributed by atoms with Crippen molar-refractivity contribution in [1.29, 1.82) is 0 Å². The molecule has 558 valence electrons. The number of pyridine rings is 3. The molecule has 6 aromatic heterocycles. The number of aryl methyl sites for hydroxylation is 2. The largest absolute Gasteiger partial charge is 0.451 e. The minimum absolute atomic E-state index is 0.0133. The normalized spacial score (nSPS) is 20.9. The first kappa shape index (κ1) is 73.7. The van der Waals surface area contributed by atoms with Crippen LogP contribution in [0, 0.1) is 55.0 Å². The van der Waals surface area contributed by atoms with Gasteiger partial charge in [-0.25, -0.2) is 31.7 Å². The number of hydrogen-bond acceptors (Lipinski definition) is 14. The van der Waals surface area contributed by atoms with E-state index in [4.69, 9.17) is 11.6 Å². The zero-order chi connectivity index (χ0) is 75.0. The number of urea groups is 1. The first-order valence-electron chi connectivity index (χ1n) is 34.0. The summed E-state index contributed by atoms with van der Waals surface area (Å²) >= 11 is 6.15. The molecule has 1 unspecified atom stereocenters. The molecule has 9 aromatic rings. The number of aromatic nitrogens is 12. The van der Waals surface area contributed by atoms with Gasteiger partial charge in [0.2, 0.25) is 29.3 Å². The maximum atomic E-state index is 14.9. The second-order valence-corrected chi connectivity index (χ2v) is 27.9. The average molecular weight is 1500 g/mol. The van der Waals surface area contributed by atoms with Crippen LogP contribution in [-0.4, -0.2) is 155 Å². The van der Waals surface area contributed by atoms with Gasteiger partial charge in [0.1, 0.15) is 11.3 Å². The van der Waals surface area contributed by atoms with Crippen LogP contribution >= 0.6 is 11.6 Å². The number of likely N-dealkylation sites (tertiary alicyclic amines) is 1. The number of halogens is 15. The Hall–Kier alpha value is -9.57. The Bertz CT molecular complexity index is 4810. The fourth-order valence-electron chi connectivity index (χ4n) is 15.4. The molecule has 0 saturated carbocycles. The minimum Gasteiger partial charge on any atom is -0.371 e. The molecule has 0 spiro atoms. The second kappa shape index (κ2) is 28.7. The van der Waals surface area contributed by atoms with Crippen LogP contribution in [0.3, 0.4) is 0 Å². The highest BCUT2D eigenvalue weighted by Crippen LogP contribution is 2.42. The topological polar surface area (TPSA) is 201 Å². The van der Waals surface area contributed by atoms with Crippen molar-refractivity contribution in [3.8, 4) is 0 Å². The molecule has 36 heteroatoms. The van der Waals surface area contributed by atoms with Crippen LogP contribution in [0.2, 0.25) is 5.02 Å². The summed E-state index contributed by atoms with van der Waals surface area (Å²) in [6.07, 6.45) is -13.4. The number of piperidine rings is 3. The van der Waals surface area contributed by atoms with Crippen LogP contribution in [-0.2, 0) is 67.4 Å². The quantitative estimate of drug-likeness (QED) is 0.142. The lowest BCUT2D eigenvalue weighted by atomic mass is 9.84. The van der Waals surface area contributed by atoms with Crippen molar-refractivity contribution < 1.29 is 75.8 Å². The lowest BCUT2D eigenvalue weighted by Crippen LogP contribution is -2.52. The number of hydrogen-bond donors (Lipinski definition) is 0.